The predicted octanol–water partition coefficient (Wildman–Crippen LogP) is 2.10. The molecule has 134 valence electrons. The van der Waals surface area contributed by atoms with Crippen molar-refractivity contribution in [1.82, 2.24) is 4.57 Å². The van der Waals surface area contributed by atoms with Gasteiger partial charge in [0.25, 0.3) is 5.56 Å². The highest BCUT2D eigenvalue weighted by Gasteiger charge is 2.43. The maximum absolute atomic E-state index is 12.6. The molecular formula is C18H21NO5S. The zero-order valence-corrected chi connectivity index (χ0v) is 15.2. The van der Waals surface area contributed by atoms with E-state index >= 15 is 0 Å². The molecule has 2 aromatic rings. The number of aliphatic carboxylic acids is 1. The molecule has 1 N–H and O–H groups in total. The van der Waals surface area contributed by atoms with Crippen LogP contribution in [-0.4, -0.2) is 35.1 Å². The van der Waals surface area contributed by atoms with Gasteiger partial charge in [-0.2, -0.15) is 0 Å². The van der Waals surface area contributed by atoms with Gasteiger partial charge in [-0.05, 0) is 37.5 Å². The lowest BCUT2D eigenvalue weighted by molar-refractivity contribution is -0.139. The molecule has 0 bridgehead atoms. The number of pyridine rings is 1. The van der Waals surface area contributed by atoms with Crippen molar-refractivity contribution in [2.45, 2.75) is 31.6 Å². The molecule has 0 aliphatic heterocycles. The third-order valence-electron chi connectivity index (χ3n) is 4.59. The van der Waals surface area contributed by atoms with E-state index in [1.807, 2.05) is 30.3 Å². The fourth-order valence-electron chi connectivity index (χ4n) is 2.58. The first kappa shape index (κ1) is 18.9. The van der Waals surface area contributed by atoms with E-state index in [-0.39, 0.29) is 18.5 Å². The van der Waals surface area contributed by atoms with E-state index in [0.717, 1.165) is 17.4 Å². The first-order chi connectivity index (χ1) is 11.6. The van der Waals surface area contributed by atoms with Crippen molar-refractivity contribution in [2.24, 2.45) is 0 Å². The van der Waals surface area contributed by atoms with Crippen LogP contribution >= 0.6 is 0 Å². The highest BCUT2D eigenvalue weighted by Crippen LogP contribution is 2.23. The molecule has 0 aliphatic carbocycles. The summed E-state index contributed by atoms with van der Waals surface area (Å²) in [6.07, 6.45) is 2.28. The second kappa shape index (κ2) is 6.84. The third kappa shape index (κ3) is 3.66. The van der Waals surface area contributed by atoms with Gasteiger partial charge in [0.2, 0.25) is 0 Å². The number of aryl methyl sites for hydroxylation is 1. The van der Waals surface area contributed by atoms with Gasteiger partial charge in [0.15, 0.2) is 14.6 Å². The Morgan fingerprint density at radius 2 is 1.80 bits per heavy atom. The summed E-state index contributed by atoms with van der Waals surface area (Å²) in [5.74, 6) is -1.42. The van der Waals surface area contributed by atoms with Gasteiger partial charge in [-0.25, -0.2) is 8.42 Å². The maximum atomic E-state index is 12.6. The second-order valence-corrected chi connectivity index (χ2v) is 8.72. The monoisotopic (exact) mass is 363 g/mol. The van der Waals surface area contributed by atoms with Crippen molar-refractivity contribution in [1.29, 1.82) is 0 Å². The van der Waals surface area contributed by atoms with Gasteiger partial charge >= 0.3 is 5.97 Å². The highest BCUT2D eigenvalue weighted by atomic mass is 32.2. The SMILES string of the molecule is Cc1c(-c2ccccc2)ccn(CCC(C)(C(=O)O)S(C)(=O)=O)c1=O. The summed E-state index contributed by atoms with van der Waals surface area (Å²) in [6.45, 7) is 2.87. The number of carboxylic acid groups (broad SMARTS) is 1. The first-order valence-corrected chi connectivity index (χ1v) is 9.65. The minimum atomic E-state index is -3.82. The zero-order valence-electron chi connectivity index (χ0n) is 14.4. The van der Waals surface area contributed by atoms with Gasteiger partial charge in [-0.3, -0.25) is 9.59 Å². The number of hydrogen-bond donors (Lipinski definition) is 1. The number of carbonyl (C=O) groups is 1. The summed E-state index contributed by atoms with van der Waals surface area (Å²) in [5.41, 5.74) is 1.98. The Bertz CT molecular complexity index is 947. The van der Waals surface area contributed by atoms with Crippen LogP contribution in [0.3, 0.4) is 0 Å². The summed E-state index contributed by atoms with van der Waals surface area (Å²) in [4.78, 5) is 24.0. The first-order valence-electron chi connectivity index (χ1n) is 7.76. The molecule has 1 aromatic carbocycles. The normalized spacial score (nSPS) is 14.0. The summed E-state index contributed by atoms with van der Waals surface area (Å²) in [7, 11) is -3.82. The third-order valence-corrected chi connectivity index (χ3v) is 6.61. The van der Waals surface area contributed by atoms with Crippen molar-refractivity contribution >= 4 is 15.8 Å². The van der Waals surface area contributed by atoms with Gasteiger partial charge in [-0.1, -0.05) is 30.3 Å². The van der Waals surface area contributed by atoms with E-state index in [9.17, 15) is 23.1 Å². The number of aromatic nitrogens is 1. The minimum Gasteiger partial charge on any atom is -0.480 e. The summed E-state index contributed by atoms with van der Waals surface area (Å²) < 4.78 is 23.1. The van der Waals surface area contributed by atoms with Crippen LogP contribution in [0.2, 0.25) is 0 Å². The van der Waals surface area contributed by atoms with E-state index in [2.05, 4.69) is 0 Å². The topological polar surface area (TPSA) is 93.4 Å². The van der Waals surface area contributed by atoms with Gasteiger partial charge in [0.05, 0.1) is 0 Å². The Morgan fingerprint density at radius 1 is 1.20 bits per heavy atom. The minimum absolute atomic E-state index is 0.00458. The Hall–Kier alpha value is -2.41. The summed E-state index contributed by atoms with van der Waals surface area (Å²) >= 11 is 0. The second-order valence-electron chi connectivity index (χ2n) is 6.28. The Labute approximate surface area is 146 Å². The molecule has 6 nitrogen and oxygen atoms in total. The quantitative estimate of drug-likeness (QED) is 0.848. The number of carboxylic acids is 1. The smallest absolute Gasteiger partial charge is 0.324 e. The van der Waals surface area contributed by atoms with E-state index in [4.69, 9.17) is 0 Å². The van der Waals surface area contributed by atoms with Crippen LogP contribution in [0.1, 0.15) is 18.9 Å². The molecule has 1 aromatic heterocycles. The van der Waals surface area contributed by atoms with Crippen LogP contribution in [0.5, 0.6) is 0 Å². The van der Waals surface area contributed by atoms with Crippen molar-refractivity contribution in [3.05, 3.63) is 58.5 Å². The van der Waals surface area contributed by atoms with Gasteiger partial charge in [0.1, 0.15) is 0 Å². The van der Waals surface area contributed by atoms with Gasteiger partial charge in [0, 0.05) is 24.6 Å². The fraction of sp³-hybridized carbons (Fsp3) is 0.333. The van der Waals surface area contributed by atoms with Gasteiger partial charge in [-0.15, -0.1) is 0 Å². The standard InChI is InChI=1S/C18H21NO5S/c1-13-15(14-7-5-4-6-8-14)9-11-19(16(13)20)12-10-18(2,17(21)22)25(3,23)24/h4-9,11H,10,12H2,1-3H3,(H,21,22). The predicted molar refractivity (Wildman–Crippen MR) is 96.4 cm³/mol. The fourth-order valence-corrected chi connectivity index (χ4v) is 3.36. The lowest BCUT2D eigenvalue weighted by Gasteiger charge is -2.23. The molecule has 0 aliphatic rings. The van der Waals surface area contributed by atoms with Crippen LogP contribution in [0.15, 0.2) is 47.4 Å². The molecule has 0 spiro atoms. The lowest BCUT2D eigenvalue weighted by atomic mass is 10.0. The number of sulfone groups is 1. The van der Waals surface area contributed by atoms with E-state index in [0.29, 0.717) is 5.56 Å². The summed E-state index contributed by atoms with van der Waals surface area (Å²) in [5, 5.41) is 9.30. The molecule has 1 atom stereocenters. The molecular weight excluding hydrogens is 342 g/mol. The maximum Gasteiger partial charge on any atom is 0.324 e. The molecule has 0 saturated heterocycles. The van der Waals surface area contributed by atoms with Crippen molar-refractivity contribution in [2.75, 3.05) is 6.26 Å². The highest BCUT2D eigenvalue weighted by molar-refractivity contribution is 7.92. The van der Waals surface area contributed by atoms with E-state index < -0.39 is 20.6 Å². The average Bonchev–Trinajstić information content (AvgIpc) is 2.55. The molecule has 2 rings (SSSR count). The number of nitrogens with zero attached hydrogens (tertiary/aromatic N) is 1. The van der Waals surface area contributed by atoms with Crippen molar-refractivity contribution in [3.8, 4) is 11.1 Å². The van der Waals surface area contributed by atoms with Crippen molar-refractivity contribution in [3.63, 3.8) is 0 Å². The van der Waals surface area contributed by atoms with Crippen LogP contribution in [0.25, 0.3) is 11.1 Å². The van der Waals surface area contributed by atoms with Crippen LogP contribution < -0.4 is 5.56 Å². The molecule has 0 amide bonds. The Kier molecular flexibility index (Phi) is 5.17. The number of rotatable bonds is 6. The van der Waals surface area contributed by atoms with E-state index in [1.165, 1.54) is 11.5 Å². The molecule has 0 radical (unpaired) electrons. The zero-order chi connectivity index (χ0) is 18.8. The molecule has 25 heavy (non-hydrogen) atoms. The Balaban J connectivity index is 2.35. The van der Waals surface area contributed by atoms with Gasteiger partial charge < -0.3 is 9.67 Å². The average molecular weight is 363 g/mol. The lowest BCUT2D eigenvalue weighted by Crippen LogP contribution is -2.44. The van der Waals surface area contributed by atoms with Crippen LogP contribution in [-0.2, 0) is 21.2 Å². The van der Waals surface area contributed by atoms with Crippen molar-refractivity contribution < 1.29 is 18.3 Å². The largest absolute Gasteiger partial charge is 0.480 e. The molecule has 7 heteroatoms. The molecule has 1 heterocycles. The van der Waals surface area contributed by atoms with Crippen LogP contribution in [0.4, 0.5) is 0 Å². The molecule has 0 saturated carbocycles. The molecule has 1 unspecified atom stereocenters. The summed E-state index contributed by atoms with van der Waals surface area (Å²) in [6, 6.07) is 11.2. The number of hydrogen-bond acceptors (Lipinski definition) is 4. The number of benzene rings is 1. The van der Waals surface area contributed by atoms with Crippen LogP contribution in [0, 0.1) is 6.92 Å². The van der Waals surface area contributed by atoms with E-state index in [1.54, 1.807) is 19.2 Å². The molecule has 0 fully saturated rings. The Morgan fingerprint density at radius 3 is 2.32 bits per heavy atom.